The number of amides is 2. The molecule has 0 aliphatic heterocycles. The fourth-order valence-corrected chi connectivity index (χ4v) is 3.86. The van der Waals surface area contributed by atoms with Crippen LogP contribution in [0.3, 0.4) is 0 Å². The Morgan fingerprint density at radius 3 is 2.63 bits per heavy atom. The van der Waals surface area contributed by atoms with Crippen molar-refractivity contribution in [1.82, 2.24) is 14.9 Å². The topological polar surface area (TPSA) is 112 Å². The van der Waals surface area contributed by atoms with Crippen LogP contribution in [0.25, 0.3) is 10.2 Å². The second kappa shape index (κ2) is 8.95. The molecule has 1 aromatic carbocycles. The molecule has 2 heterocycles. The van der Waals surface area contributed by atoms with Crippen LogP contribution in [0.15, 0.2) is 29.3 Å². The third-order valence-electron chi connectivity index (χ3n) is 4.60. The molecule has 0 atom stereocenters. The Labute approximate surface area is 176 Å². The summed E-state index contributed by atoms with van der Waals surface area (Å²) < 4.78 is 11.6. The van der Waals surface area contributed by atoms with Gasteiger partial charge < -0.3 is 20.1 Å². The lowest BCUT2D eigenvalue weighted by molar-refractivity contribution is -0.124. The molecule has 2 N–H and O–H groups in total. The molecule has 0 saturated heterocycles. The number of aryl methyl sites for hydroxylation is 2. The van der Waals surface area contributed by atoms with Gasteiger partial charge in [0.2, 0.25) is 11.8 Å². The average molecular weight is 430 g/mol. The van der Waals surface area contributed by atoms with E-state index in [0.29, 0.717) is 27.4 Å². The van der Waals surface area contributed by atoms with Crippen molar-refractivity contribution in [3.8, 4) is 11.5 Å². The minimum Gasteiger partial charge on any atom is -0.497 e. The van der Waals surface area contributed by atoms with Gasteiger partial charge >= 0.3 is 0 Å². The van der Waals surface area contributed by atoms with Gasteiger partial charge in [-0.25, -0.2) is 4.98 Å². The third kappa shape index (κ3) is 4.43. The normalized spacial score (nSPS) is 10.7. The number of thiophene rings is 1. The summed E-state index contributed by atoms with van der Waals surface area (Å²) in [7, 11) is 3.01. The fraction of sp³-hybridized carbons (Fsp3) is 0.300. The largest absolute Gasteiger partial charge is 0.497 e. The molecule has 10 heteroatoms. The highest BCUT2D eigenvalue weighted by molar-refractivity contribution is 7.18. The highest BCUT2D eigenvalue weighted by Crippen LogP contribution is 2.29. The van der Waals surface area contributed by atoms with E-state index in [1.165, 1.54) is 36.5 Å². The van der Waals surface area contributed by atoms with Gasteiger partial charge in [-0.1, -0.05) is 0 Å². The molecule has 2 aromatic heterocycles. The molecule has 0 aliphatic carbocycles. The Bertz CT molecular complexity index is 1170. The predicted octanol–water partition coefficient (Wildman–Crippen LogP) is 1.85. The molecule has 0 spiro atoms. The SMILES string of the molecule is COc1ccc(NC(=O)CNC(=O)Cn2cnc3sc(C)c(C)c3c2=O)c(OC)c1. The second-order valence-electron chi connectivity index (χ2n) is 6.53. The molecule has 9 nitrogen and oxygen atoms in total. The molecule has 0 bridgehead atoms. The first-order valence-corrected chi connectivity index (χ1v) is 9.89. The lowest BCUT2D eigenvalue weighted by atomic mass is 10.2. The number of aromatic nitrogens is 2. The van der Waals surface area contributed by atoms with Crippen molar-refractivity contribution in [3.05, 3.63) is 45.3 Å². The number of nitrogens with one attached hydrogen (secondary N) is 2. The summed E-state index contributed by atoms with van der Waals surface area (Å²) >= 11 is 1.44. The van der Waals surface area contributed by atoms with E-state index in [1.54, 1.807) is 18.2 Å². The molecule has 3 rings (SSSR count). The first-order chi connectivity index (χ1) is 14.3. The van der Waals surface area contributed by atoms with Crippen molar-refractivity contribution in [3.63, 3.8) is 0 Å². The van der Waals surface area contributed by atoms with Crippen LogP contribution in [0.5, 0.6) is 11.5 Å². The van der Waals surface area contributed by atoms with Crippen LogP contribution in [-0.2, 0) is 16.1 Å². The number of benzene rings is 1. The number of carbonyl (C=O) groups excluding carboxylic acids is 2. The van der Waals surface area contributed by atoms with E-state index in [4.69, 9.17) is 9.47 Å². The number of anilines is 1. The number of fused-ring (bicyclic) bond motifs is 1. The Morgan fingerprint density at radius 2 is 1.93 bits per heavy atom. The summed E-state index contributed by atoms with van der Waals surface area (Å²) in [4.78, 5) is 43.0. The van der Waals surface area contributed by atoms with E-state index < -0.39 is 11.8 Å². The number of methoxy groups -OCH3 is 2. The first kappa shape index (κ1) is 21.3. The summed E-state index contributed by atoms with van der Waals surface area (Å²) in [5.74, 6) is 0.114. The Hall–Kier alpha value is -3.40. The van der Waals surface area contributed by atoms with Crippen LogP contribution in [-0.4, -0.2) is 42.1 Å². The summed E-state index contributed by atoms with van der Waals surface area (Å²) in [6.07, 6.45) is 1.35. The molecule has 0 unspecified atom stereocenters. The quantitative estimate of drug-likeness (QED) is 0.592. The maximum absolute atomic E-state index is 12.6. The monoisotopic (exact) mass is 430 g/mol. The fourth-order valence-electron chi connectivity index (χ4n) is 2.87. The zero-order valence-electron chi connectivity index (χ0n) is 17.1. The number of hydrogen-bond acceptors (Lipinski definition) is 7. The summed E-state index contributed by atoms with van der Waals surface area (Å²) in [6.45, 7) is 3.30. The molecule has 2 amide bonds. The number of nitrogens with zero attached hydrogens (tertiary/aromatic N) is 2. The van der Waals surface area contributed by atoms with E-state index in [0.717, 1.165) is 10.4 Å². The van der Waals surface area contributed by atoms with Gasteiger partial charge in [0, 0.05) is 10.9 Å². The minimum absolute atomic E-state index is 0.227. The van der Waals surface area contributed by atoms with Crippen LogP contribution in [0.4, 0.5) is 5.69 Å². The van der Waals surface area contributed by atoms with Gasteiger partial charge in [-0.2, -0.15) is 0 Å². The van der Waals surface area contributed by atoms with Crippen molar-refractivity contribution in [2.24, 2.45) is 0 Å². The smallest absolute Gasteiger partial charge is 0.262 e. The van der Waals surface area contributed by atoms with Gasteiger partial charge in [0.05, 0.1) is 38.2 Å². The van der Waals surface area contributed by atoms with Gasteiger partial charge in [0.25, 0.3) is 5.56 Å². The van der Waals surface area contributed by atoms with Gasteiger partial charge in [-0.3, -0.25) is 19.0 Å². The average Bonchev–Trinajstić information content (AvgIpc) is 3.03. The molecular formula is C20H22N4O5S. The van der Waals surface area contributed by atoms with Crippen LogP contribution >= 0.6 is 11.3 Å². The first-order valence-electron chi connectivity index (χ1n) is 9.07. The van der Waals surface area contributed by atoms with E-state index in [1.807, 2.05) is 13.8 Å². The number of carbonyl (C=O) groups is 2. The molecule has 3 aromatic rings. The van der Waals surface area contributed by atoms with E-state index in [9.17, 15) is 14.4 Å². The number of rotatable bonds is 7. The predicted molar refractivity (Wildman–Crippen MR) is 115 cm³/mol. The van der Waals surface area contributed by atoms with Crippen molar-refractivity contribution in [1.29, 1.82) is 0 Å². The summed E-state index contributed by atoms with van der Waals surface area (Å²) in [5, 5.41) is 5.69. The maximum Gasteiger partial charge on any atom is 0.262 e. The lowest BCUT2D eigenvalue weighted by Crippen LogP contribution is -2.37. The van der Waals surface area contributed by atoms with E-state index in [-0.39, 0.29) is 18.6 Å². The Kier molecular flexibility index (Phi) is 6.36. The third-order valence-corrected chi connectivity index (χ3v) is 5.71. The number of hydrogen-bond donors (Lipinski definition) is 2. The van der Waals surface area contributed by atoms with Gasteiger partial charge in [-0.05, 0) is 31.5 Å². The zero-order valence-corrected chi connectivity index (χ0v) is 17.9. The van der Waals surface area contributed by atoms with Gasteiger partial charge in [0.15, 0.2) is 0 Å². The van der Waals surface area contributed by atoms with E-state index in [2.05, 4.69) is 15.6 Å². The van der Waals surface area contributed by atoms with Crippen molar-refractivity contribution in [2.75, 3.05) is 26.1 Å². The molecular weight excluding hydrogens is 408 g/mol. The van der Waals surface area contributed by atoms with Crippen LogP contribution in [0.1, 0.15) is 10.4 Å². The molecule has 0 aliphatic rings. The van der Waals surface area contributed by atoms with E-state index >= 15 is 0 Å². The van der Waals surface area contributed by atoms with Gasteiger partial charge in [0.1, 0.15) is 22.9 Å². The Balaban J connectivity index is 1.62. The van der Waals surface area contributed by atoms with Crippen LogP contribution in [0.2, 0.25) is 0 Å². The van der Waals surface area contributed by atoms with Gasteiger partial charge in [-0.15, -0.1) is 11.3 Å². The highest BCUT2D eigenvalue weighted by atomic mass is 32.1. The molecule has 0 saturated carbocycles. The summed E-state index contributed by atoms with van der Waals surface area (Å²) in [5.41, 5.74) is 1.05. The van der Waals surface area contributed by atoms with Crippen molar-refractivity contribution >= 4 is 39.1 Å². The molecule has 0 fully saturated rings. The lowest BCUT2D eigenvalue weighted by Gasteiger charge is -2.12. The zero-order chi connectivity index (χ0) is 21.8. The van der Waals surface area contributed by atoms with Crippen molar-refractivity contribution < 1.29 is 19.1 Å². The van der Waals surface area contributed by atoms with Crippen LogP contribution < -0.4 is 25.7 Å². The molecule has 0 radical (unpaired) electrons. The minimum atomic E-state index is -0.472. The molecule has 158 valence electrons. The second-order valence-corrected chi connectivity index (χ2v) is 7.74. The Morgan fingerprint density at radius 1 is 1.17 bits per heavy atom. The highest BCUT2D eigenvalue weighted by Gasteiger charge is 2.15. The summed E-state index contributed by atoms with van der Waals surface area (Å²) in [6, 6.07) is 4.96. The van der Waals surface area contributed by atoms with Crippen molar-refractivity contribution in [2.45, 2.75) is 20.4 Å². The molecule has 30 heavy (non-hydrogen) atoms. The van der Waals surface area contributed by atoms with Crippen LogP contribution in [0, 0.1) is 13.8 Å². The maximum atomic E-state index is 12.6. The number of ether oxygens (including phenoxy) is 2. The standard InChI is InChI=1S/C20H22N4O5S/c1-11-12(2)30-19-18(11)20(27)24(10-22-19)9-17(26)21-8-16(25)23-14-6-5-13(28-3)7-15(14)29-4/h5-7,10H,8-9H2,1-4H3,(H,21,26)(H,23,25).